The molecule has 0 saturated carbocycles. The van der Waals surface area contributed by atoms with Crippen molar-refractivity contribution in [3.05, 3.63) is 34.3 Å². The molecule has 2 rings (SSSR count). The van der Waals surface area contributed by atoms with E-state index in [1.54, 1.807) is 0 Å². The number of hydrogen-bond acceptors (Lipinski definition) is 3. The van der Waals surface area contributed by atoms with E-state index < -0.39 is 0 Å². The highest BCUT2D eigenvalue weighted by Gasteiger charge is 2.25. The fourth-order valence-corrected chi connectivity index (χ4v) is 3.18. The number of carbonyl (C=O) groups excluding carboxylic acids is 2. The Labute approximate surface area is 145 Å². The number of benzene rings is 1. The molecular formula is C17H24BrN3O2. The summed E-state index contributed by atoms with van der Waals surface area (Å²) < 4.78 is 0.970. The van der Waals surface area contributed by atoms with Gasteiger partial charge in [0, 0.05) is 24.5 Å². The lowest BCUT2D eigenvalue weighted by molar-refractivity contribution is -0.133. The molecule has 1 saturated heterocycles. The van der Waals surface area contributed by atoms with Gasteiger partial charge in [-0.05, 0) is 43.0 Å². The van der Waals surface area contributed by atoms with Crippen LogP contribution in [0.5, 0.6) is 0 Å². The Bertz CT molecular complexity index is 539. The molecule has 1 atom stereocenters. The monoisotopic (exact) mass is 381 g/mol. The SMILES string of the molecule is CC(=O)NC(CC(=O)N1CCC(CN)CC1)c1ccc(Br)cc1. The quantitative estimate of drug-likeness (QED) is 0.820. The van der Waals surface area contributed by atoms with Crippen LogP contribution in [0.4, 0.5) is 0 Å². The maximum absolute atomic E-state index is 12.6. The molecular weight excluding hydrogens is 358 g/mol. The molecule has 23 heavy (non-hydrogen) atoms. The van der Waals surface area contributed by atoms with Crippen molar-refractivity contribution in [3.63, 3.8) is 0 Å². The number of nitrogens with one attached hydrogen (secondary N) is 1. The Balaban J connectivity index is 2.01. The fraction of sp³-hybridized carbons (Fsp3) is 0.529. The maximum atomic E-state index is 12.6. The third-order valence-electron chi connectivity index (χ3n) is 4.33. The van der Waals surface area contributed by atoms with Crippen LogP contribution in [0, 0.1) is 5.92 Å². The number of nitrogens with zero attached hydrogens (tertiary/aromatic N) is 1. The van der Waals surface area contributed by atoms with E-state index in [2.05, 4.69) is 21.2 Å². The predicted octanol–water partition coefficient (Wildman–Crippen LogP) is 2.21. The van der Waals surface area contributed by atoms with Gasteiger partial charge in [0.25, 0.3) is 0 Å². The average molecular weight is 382 g/mol. The van der Waals surface area contributed by atoms with Crippen molar-refractivity contribution in [3.8, 4) is 0 Å². The molecule has 0 radical (unpaired) electrons. The van der Waals surface area contributed by atoms with Crippen molar-refractivity contribution in [2.75, 3.05) is 19.6 Å². The first-order chi connectivity index (χ1) is 11.0. The molecule has 1 aliphatic rings. The van der Waals surface area contributed by atoms with E-state index in [9.17, 15) is 9.59 Å². The topological polar surface area (TPSA) is 75.4 Å². The summed E-state index contributed by atoms with van der Waals surface area (Å²) >= 11 is 3.40. The van der Waals surface area contributed by atoms with Gasteiger partial charge in [-0.25, -0.2) is 0 Å². The molecule has 2 amide bonds. The predicted molar refractivity (Wildman–Crippen MR) is 93.7 cm³/mol. The molecule has 3 N–H and O–H groups in total. The normalized spacial score (nSPS) is 16.9. The van der Waals surface area contributed by atoms with Crippen molar-refractivity contribution in [2.45, 2.75) is 32.2 Å². The maximum Gasteiger partial charge on any atom is 0.224 e. The lowest BCUT2D eigenvalue weighted by atomic mass is 9.96. The standard InChI is InChI=1S/C17H24BrN3O2/c1-12(22)20-16(14-2-4-15(18)5-3-14)10-17(23)21-8-6-13(11-19)7-9-21/h2-5,13,16H,6-11,19H2,1H3,(H,20,22). The van der Waals surface area contributed by atoms with E-state index in [0.29, 0.717) is 12.5 Å². The van der Waals surface area contributed by atoms with Crippen LogP contribution >= 0.6 is 15.9 Å². The van der Waals surface area contributed by atoms with Crippen LogP contribution in [0.3, 0.4) is 0 Å². The summed E-state index contributed by atoms with van der Waals surface area (Å²) in [6.45, 7) is 3.68. The van der Waals surface area contributed by atoms with Crippen LogP contribution in [0.25, 0.3) is 0 Å². The Morgan fingerprint density at radius 1 is 1.30 bits per heavy atom. The lowest BCUT2D eigenvalue weighted by Crippen LogP contribution is -2.41. The van der Waals surface area contributed by atoms with Crippen molar-refractivity contribution in [2.24, 2.45) is 11.7 Å². The van der Waals surface area contributed by atoms with Crippen LogP contribution in [-0.4, -0.2) is 36.3 Å². The van der Waals surface area contributed by atoms with E-state index in [-0.39, 0.29) is 24.3 Å². The minimum Gasteiger partial charge on any atom is -0.349 e. The Morgan fingerprint density at radius 2 is 1.91 bits per heavy atom. The third-order valence-corrected chi connectivity index (χ3v) is 4.86. The molecule has 5 nitrogen and oxygen atoms in total. The Morgan fingerprint density at radius 3 is 2.43 bits per heavy atom. The van der Waals surface area contributed by atoms with Crippen LogP contribution in [0.15, 0.2) is 28.7 Å². The Hall–Kier alpha value is -1.40. The van der Waals surface area contributed by atoms with Gasteiger partial charge in [0.2, 0.25) is 11.8 Å². The van der Waals surface area contributed by atoms with E-state index in [1.165, 1.54) is 6.92 Å². The number of piperidine rings is 1. The summed E-state index contributed by atoms with van der Waals surface area (Å²) in [6, 6.07) is 7.40. The summed E-state index contributed by atoms with van der Waals surface area (Å²) in [5.74, 6) is 0.478. The summed E-state index contributed by atoms with van der Waals surface area (Å²) in [5, 5.41) is 2.88. The summed E-state index contributed by atoms with van der Waals surface area (Å²) in [4.78, 5) is 25.9. The second kappa shape index (κ2) is 8.45. The van der Waals surface area contributed by atoms with E-state index >= 15 is 0 Å². The highest BCUT2D eigenvalue weighted by atomic mass is 79.9. The highest BCUT2D eigenvalue weighted by molar-refractivity contribution is 9.10. The van der Waals surface area contributed by atoms with Crippen LogP contribution in [0.1, 0.15) is 37.8 Å². The molecule has 6 heteroatoms. The minimum absolute atomic E-state index is 0.0853. The van der Waals surface area contributed by atoms with Crippen molar-refractivity contribution < 1.29 is 9.59 Å². The number of carbonyl (C=O) groups is 2. The first kappa shape index (κ1) is 17.9. The molecule has 0 bridgehead atoms. The first-order valence-corrected chi connectivity index (χ1v) is 8.79. The summed E-state index contributed by atoms with van der Waals surface area (Å²) in [6.07, 6.45) is 2.21. The number of rotatable bonds is 5. The van der Waals surface area contributed by atoms with Gasteiger partial charge in [0.15, 0.2) is 0 Å². The number of amides is 2. The van der Waals surface area contributed by atoms with Gasteiger partial charge in [-0.2, -0.15) is 0 Å². The van der Waals surface area contributed by atoms with Crippen molar-refractivity contribution >= 4 is 27.7 Å². The molecule has 1 aromatic rings. The zero-order valence-corrected chi connectivity index (χ0v) is 15.0. The zero-order chi connectivity index (χ0) is 16.8. The minimum atomic E-state index is -0.291. The van der Waals surface area contributed by atoms with E-state index in [1.807, 2.05) is 29.2 Å². The summed E-state index contributed by atoms with van der Waals surface area (Å²) in [5.41, 5.74) is 6.63. The van der Waals surface area contributed by atoms with Crippen molar-refractivity contribution in [1.82, 2.24) is 10.2 Å². The molecule has 1 fully saturated rings. The zero-order valence-electron chi connectivity index (χ0n) is 13.4. The second-order valence-electron chi connectivity index (χ2n) is 6.07. The smallest absolute Gasteiger partial charge is 0.224 e. The number of halogens is 1. The van der Waals surface area contributed by atoms with Gasteiger partial charge in [0.05, 0.1) is 12.5 Å². The van der Waals surface area contributed by atoms with Gasteiger partial charge in [-0.1, -0.05) is 28.1 Å². The number of likely N-dealkylation sites (tertiary alicyclic amines) is 1. The van der Waals surface area contributed by atoms with Crippen LogP contribution in [0.2, 0.25) is 0 Å². The molecule has 0 spiro atoms. The lowest BCUT2D eigenvalue weighted by Gasteiger charge is -2.32. The molecule has 1 aromatic carbocycles. The Kier molecular flexibility index (Phi) is 6.59. The van der Waals surface area contributed by atoms with E-state index in [4.69, 9.17) is 5.73 Å². The van der Waals surface area contributed by atoms with Crippen molar-refractivity contribution in [1.29, 1.82) is 0 Å². The average Bonchev–Trinajstić information content (AvgIpc) is 2.54. The molecule has 1 aliphatic heterocycles. The number of hydrogen-bond donors (Lipinski definition) is 2. The van der Waals surface area contributed by atoms with Gasteiger partial charge in [-0.15, -0.1) is 0 Å². The highest BCUT2D eigenvalue weighted by Crippen LogP contribution is 2.23. The fourth-order valence-electron chi connectivity index (χ4n) is 2.91. The largest absolute Gasteiger partial charge is 0.349 e. The third kappa shape index (κ3) is 5.32. The van der Waals surface area contributed by atoms with Gasteiger partial charge in [-0.3, -0.25) is 9.59 Å². The molecule has 126 valence electrons. The van der Waals surface area contributed by atoms with Gasteiger partial charge < -0.3 is 16.0 Å². The molecule has 1 unspecified atom stereocenters. The van der Waals surface area contributed by atoms with Gasteiger partial charge in [0.1, 0.15) is 0 Å². The second-order valence-corrected chi connectivity index (χ2v) is 6.98. The number of nitrogens with two attached hydrogens (primary N) is 1. The summed E-state index contributed by atoms with van der Waals surface area (Å²) in [7, 11) is 0. The van der Waals surface area contributed by atoms with E-state index in [0.717, 1.165) is 36.0 Å². The molecule has 0 aliphatic carbocycles. The van der Waals surface area contributed by atoms with Crippen LogP contribution < -0.4 is 11.1 Å². The first-order valence-electron chi connectivity index (χ1n) is 8.00. The molecule has 0 aromatic heterocycles. The van der Waals surface area contributed by atoms with Crippen LogP contribution in [-0.2, 0) is 9.59 Å². The molecule has 1 heterocycles. The van der Waals surface area contributed by atoms with Gasteiger partial charge >= 0.3 is 0 Å².